The molecule has 0 bridgehead atoms. The normalized spacial score (nSPS) is 17.3. The third kappa shape index (κ3) is 5.45. The number of carbonyl (C=O) groups is 1. The SMILES string of the molecule is CC.CC(=N)N1CCC(Oc2ccc3c(c2)C(C)C(=O)N3Cc2ccc3ccc(C(=N)N)cc3c2)CC1. The van der Waals surface area contributed by atoms with Crippen molar-refractivity contribution in [2.45, 2.75) is 59.1 Å². The van der Waals surface area contributed by atoms with Gasteiger partial charge in [-0.1, -0.05) is 38.1 Å². The number of anilines is 1. The van der Waals surface area contributed by atoms with Crippen LogP contribution in [0.15, 0.2) is 54.6 Å². The quantitative estimate of drug-likeness (QED) is 0.312. The monoisotopic (exact) mass is 499 g/mol. The minimum absolute atomic E-state index is 0.0446. The van der Waals surface area contributed by atoms with Gasteiger partial charge in [-0.3, -0.25) is 15.6 Å². The molecule has 3 aromatic rings. The average Bonchev–Trinajstić information content (AvgIpc) is 3.14. The van der Waals surface area contributed by atoms with Crippen molar-refractivity contribution in [3.63, 3.8) is 0 Å². The molecule has 0 saturated carbocycles. The maximum Gasteiger partial charge on any atom is 0.234 e. The molecule has 5 rings (SSSR count). The molecule has 1 saturated heterocycles. The highest BCUT2D eigenvalue weighted by atomic mass is 16.5. The van der Waals surface area contributed by atoms with Gasteiger partial charge in [-0.2, -0.15) is 0 Å². The molecule has 0 spiro atoms. The maximum absolute atomic E-state index is 13.2. The highest BCUT2D eigenvalue weighted by Crippen LogP contribution is 2.40. The molecule has 2 aliphatic heterocycles. The zero-order valence-electron chi connectivity index (χ0n) is 22.2. The Bertz CT molecular complexity index is 1330. The number of likely N-dealkylation sites (tertiary alicyclic amines) is 1. The van der Waals surface area contributed by atoms with Crippen LogP contribution in [-0.4, -0.2) is 41.7 Å². The van der Waals surface area contributed by atoms with E-state index in [0.717, 1.165) is 59.3 Å². The first-order valence-corrected chi connectivity index (χ1v) is 13.1. The summed E-state index contributed by atoms with van der Waals surface area (Å²) in [6.07, 6.45) is 1.91. The van der Waals surface area contributed by atoms with Gasteiger partial charge >= 0.3 is 0 Å². The molecule has 194 valence electrons. The largest absolute Gasteiger partial charge is 0.490 e. The predicted molar refractivity (Wildman–Crippen MR) is 151 cm³/mol. The number of ether oxygens (including phenoxy) is 1. The fourth-order valence-corrected chi connectivity index (χ4v) is 5.09. The zero-order valence-corrected chi connectivity index (χ0v) is 22.2. The molecule has 0 aliphatic carbocycles. The lowest BCUT2D eigenvalue weighted by Gasteiger charge is -2.32. The topological polar surface area (TPSA) is 107 Å². The van der Waals surface area contributed by atoms with E-state index in [1.165, 1.54) is 0 Å². The molecule has 7 nitrogen and oxygen atoms in total. The Kier molecular flexibility index (Phi) is 7.81. The van der Waals surface area contributed by atoms with E-state index < -0.39 is 0 Å². The fourth-order valence-electron chi connectivity index (χ4n) is 5.09. The molecular formula is C30H37N5O2. The van der Waals surface area contributed by atoms with Gasteiger partial charge in [-0.25, -0.2) is 0 Å². The maximum atomic E-state index is 13.2. The molecular weight excluding hydrogens is 462 g/mol. The van der Waals surface area contributed by atoms with Crippen LogP contribution in [0.2, 0.25) is 0 Å². The number of fused-ring (bicyclic) bond motifs is 2. The van der Waals surface area contributed by atoms with Gasteiger partial charge in [0.25, 0.3) is 0 Å². The number of amides is 1. The number of piperidine rings is 1. The standard InChI is InChI=1S/C28H31N5O2.C2H6/c1-17-25-15-24(35-23-9-11-32(12-10-23)18(2)29)7-8-26(25)33(28(17)34)16-19-3-4-20-5-6-21(27(30)31)14-22(20)13-19;1-2/h3-8,13-15,17,23,29H,9-12,16H2,1-2H3,(H3,30,31);1-2H3. The van der Waals surface area contributed by atoms with E-state index >= 15 is 0 Å². The Labute approximate surface area is 219 Å². The highest BCUT2D eigenvalue weighted by molar-refractivity contribution is 6.05. The fraction of sp³-hybridized carbons (Fsp3) is 0.367. The van der Waals surface area contributed by atoms with Crippen molar-refractivity contribution < 1.29 is 9.53 Å². The lowest BCUT2D eigenvalue weighted by molar-refractivity contribution is -0.119. The Morgan fingerprint density at radius 3 is 2.38 bits per heavy atom. The van der Waals surface area contributed by atoms with E-state index in [0.29, 0.717) is 17.9 Å². The Hall–Kier alpha value is -3.87. The first kappa shape index (κ1) is 26.2. The lowest BCUT2D eigenvalue weighted by atomic mass is 10.0. The minimum atomic E-state index is -0.222. The van der Waals surface area contributed by atoms with Gasteiger partial charge in [0.1, 0.15) is 17.7 Å². The smallest absolute Gasteiger partial charge is 0.234 e. The molecule has 1 atom stereocenters. The van der Waals surface area contributed by atoms with Crippen LogP contribution in [0.4, 0.5) is 5.69 Å². The molecule has 4 N–H and O–H groups in total. The van der Waals surface area contributed by atoms with Gasteiger partial charge in [0.2, 0.25) is 5.91 Å². The zero-order chi connectivity index (χ0) is 26.7. The number of nitrogens with two attached hydrogens (primary N) is 1. The summed E-state index contributed by atoms with van der Waals surface area (Å²) in [5.41, 5.74) is 9.31. The number of amidine groups is 2. The average molecular weight is 500 g/mol. The Morgan fingerprint density at radius 1 is 1.00 bits per heavy atom. The van der Waals surface area contributed by atoms with Gasteiger partial charge in [0.15, 0.2) is 0 Å². The summed E-state index contributed by atoms with van der Waals surface area (Å²) >= 11 is 0. The Balaban J connectivity index is 0.00000156. The number of rotatable bonds is 5. The van der Waals surface area contributed by atoms with Crippen LogP contribution >= 0.6 is 0 Å². The number of nitrogen functional groups attached to an aromatic ring is 1. The molecule has 1 unspecified atom stereocenters. The van der Waals surface area contributed by atoms with Crippen LogP contribution in [0.1, 0.15) is 63.1 Å². The van der Waals surface area contributed by atoms with Gasteiger partial charge in [0, 0.05) is 37.2 Å². The molecule has 3 aromatic carbocycles. The summed E-state index contributed by atoms with van der Waals surface area (Å²) in [4.78, 5) is 17.1. The molecule has 0 aromatic heterocycles. The van der Waals surface area contributed by atoms with Crippen LogP contribution in [-0.2, 0) is 11.3 Å². The van der Waals surface area contributed by atoms with Crippen molar-refractivity contribution in [1.29, 1.82) is 10.8 Å². The van der Waals surface area contributed by atoms with Crippen molar-refractivity contribution >= 4 is 34.0 Å². The van der Waals surface area contributed by atoms with Crippen LogP contribution < -0.4 is 15.4 Å². The molecule has 37 heavy (non-hydrogen) atoms. The molecule has 2 aliphatic rings. The number of hydrogen-bond donors (Lipinski definition) is 3. The van der Waals surface area contributed by atoms with Crippen LogP contribution in [0.3, 0.4) is 0 Å². The number of carbonyl (C=O) groups excluding carboxylic acids is 1. The third-order valence-electron chi connectivity index (χ3n) is 7.17. The molecule has 7 heteroatoms. The summed E-state index contributed by atoms with van der Waals surface area (Å²) in [5, 5.41) is 17.6. The van der Waals surface area contributed by atoms with Gasteiger partial charge in [-0.05, 0) is 66.1 Å². The van der Waals surface area contributed by atoms with Gasteiger partial charge in [0.05, 0.1) is 18.3 Å². The first-order chi connectivity index (χ1) is 17.8. The van der Waals surface area contributed by atoms with Crippen molar-refractivity contribution in [2.24, 2.45) is 5.73 Å². The van der Waals surface area contributed by atoms with Crippen molar-refractivity contribution in [2.75, 3.05) is 18.0 Å². The van der Waals surface area contributed by atoms with Gasteiger partial charge < -0.3 is 20.3 Å². The summed E-state index contributed by atoms with van der Waals surface area (Å²) in [5.74, 6) is 1.32. The van der Waals surface area contributed by atoms with E-state index in [9.17, 15) is 4.79 Å². The summed E-state index contributed by atoms with van der Waals surface area (Å²) in [6.45, 7) is 9.95. The second-order valence-corrected chi connectivity index (χ2v) is 9.57. The van der Waals surface area contributed by atoms with E-state index in [-0.39, 0.29) is 23.8 Å². The number of hydrogen-bond acceptors (Lipinski definition) is 4. The number of nitrogens with zero attached hydrogens (tertiary/aromatic N) is 2. The van der Waals surface area contributed by atoms with E-state index in [1.54, 1.807) is 0 Å². The van der Waals surface area contributed by atoms with Crippen molar-refractivity contribution in [3.8, 4) is 5.75 Å². The van der Waals surface area contributed by atoms with Gasteiger partial charge in [-0.15, -0.1) is 0 Å². The molecule has 0 radical (unpaired) electrons. The van der Waals surface area contributed by atoms with Crippen LogP contribution in [0.25, 0.3) is 10.8 Å². The van der Waals surface area contributed by atoms with E-state index in [1.807, 2.05) is 81.1 Å². The van der Waals surface area contributed by atoms with Crippen LogP contribution in [0.5, 0.6) is 5.75 Å². The first-order valence-electron chi connectivity index (χ1n) is 13.1. The summed E-state index contributed by atoms with van der Waals surface area (Å²) in [6, 6.07) is 17.9. The second kappa shape index (κ2) is 11.0. The number of benzene rings is 3. The lowest BCUT2D eigenvalue weighted by Crippen LogP contribution is -2.40. The van der Waals surface area contributed by atoms with E-state index in [2.05, 4.69) is 11.0 Å². The minimum Gasteiger partial charge on any atom is -0.490 e. The molecule has 1 fully saturated rings. The highest BCUT2D eigenvalue weighted by Gasteiger charge is 2.34. The van der Waals surface area contributed by atoms with E-state index in [4.69, 9.17) is 21.3 Å². The number of nitrogens with one attached hydrogen (secondary N) is 2. The second-order valence-electron chi connectivity index (χ2n) is 9.57. The molecule has 1 amide bonds. The Morgan fingerprint density at radius 2 is 1.70 bits per heavy atom. The summed E-state index contributed by atoms with van der Waals surface area (Å²) < 4.78 is 6.27. The summed E-state index contributed by atoms with van der Waals surface area (Å²) in [7, 11) is 0. The van der Waals surface area contributed by atoms with Crippen molar-refractivity contribution in [1.82, 2.24) is 4.90 Å². The molecule has 2 heterocycles. The third-order valence-corrected chi connectivity index (χ3v) is 7.17. The predicted octanol–water partition coefficient (Wildman–Crippen LogP) is 5.64. The van der Waals surface area contributed by atoms with Crippen molar-refractivity contribution in [3.05, 3.63) is 71.3 Å². The van der Waals surface area contributed by atoms with Crippen LogP contribution in [0, 0.1) is 10.8 Å².